The molecule has 4 unspecified atom stereocenters. The van der Waals surface area contributed by atoms with Gasteiger partial charge in [0.1, 0.15) is 0 Å². The molecule has 4 atom stereocenters. The van der Waals surface area contributed by atoms with E-state index in [1.165, 1.54) is 0 Å². The zero-order chi connectivity index (χ0) is 19.0. The number of hydrogen-bond acceptors (Lipinski definition) is 3. The Bertz CT molecular complexity index is 779. The predicted molar refractivity (Wildman–Crippen MR) is 105 cm³/mol. The topological polar surface area (TPSA) is 40.6 Å². The Hall–Kier alpha value is -2.46. The standard InChI is InChI=1S/C23H26N2O2/c1-24(2)23(27)19-15-25-14-13-18(19)22(26)21(25)20(16-9-5-3-6-10-16)17-11-7-4-8-12-17/h3-12,18-21H,13-15H2,1-2H3. The van der Waals surface area contributed by atoms with E-state index in [-0.39, 0.29) is 35.5 Å². The summed E-state index contributed by atoms with van der Waals surface area (Å²) in [5, 5.41) is 0. The fourth-order valence-corrected chi connectivity index (χ4v) is 4.80. The highest BCUT2D eigenvalue weighted by Crippen LogP contribution is 2.42. The van der Waals surface area contributed by atoms with Crippen LogP contribution in [-0.2, 0) is 9.59 Å². The smallest absolute Gasteiger partial charge is 0.227 e. The molecule has 0 saturated carbocycles. The van der Waals surface area contributed by atoms with Gasteiger partial charge in [-0.1, -0.05) is 60.7 Å². The zero-order valence-corrected chi connectivity index (χ0v) is 15.9. The van der Waals surface area contributed by atoms with Crippen LogP contribution < -0.4 is 0 Å². The van der Waals surface area contributed by atoms with E-state index in [9.17, 15) is 9.59 Å². The molecule has 3 aliphatic heterocycles. The van der Waals surface area contributed by atoms with Crippen molar-refractivity contribution in [2.24, 2.45) is 11.8 Å². The number of ketones is 1. The molecule has 0 spiro atoms. The molecular formula is C23H26N2O2. The van der Waals surface area contributed by atoms with Crippen LogP contribution in [0.4, 0.5) is 0 Å². The first kappa shape index (κ1) is 17.9. The van der Waals surface area contributed by atoms with Crippen LogP contribution in [0.2, 0.25) is 0 Å². The van der Waals surface area contributed by atoms with Crippen molar-refractivity contribution in [3.05, 3.63) is 71.8 Å². The average molecular weight is 362 g/mol. The largest absolute Gasteiger partial charge is 0.349 e. The van der Waals surface area contributed by atoms with Crippen molar-refractivity contribution in [1.29, 1.82) is 0 Å². The number of fused-ring (bicyclic) bond motifs is 3. The van der Waals surface area contributed by atoms with Crippen LogP contribution in [0.3, 0.4) is 0 Å². The molecular weight excluding hydrogens is 336 g/mol. The first-order chi connectivity index (χ1) is 13.1. The van der Waals surface area contributed by atoms with Crippen LogP contribution >= 0.6 is 0 Å². The number of carbonyl (C=O) groups excluding carboxylic acids is 2. The zero-order valence-electron chi connectivity index (χ0n) is 15.9. The molecule has 0 aliphatic carbocycles. The van der Waals surface area contributed by atoms with Crippen LogP contribution in [0, 0.1) is 11.8 Å². The van der Waals surface area contributed by atoms with E-state index in [0.717, 1.165) is 24.1 Å². The number of Topliss-reactive ketones (excluding diaryl/α,β-unsaturated/α-hetero) is 1. The molecule has 4 nitrogen and oxygen atoms in total. The fraction of sp³-hybridized carbons (Fsp3) is 0.391. The van der Waals surface area contributed by atoms with Gasteiger partial charge in [-0.2, -0.15) is 0 Å². The Labute approximate surface area is 160 Å². The summed E-state index contributed by atoms with van der Waals surface area (Å²) in [6.45, 7) is 1.56. The second kappa shape index (κ2) is 7.28. The molecule has 0 radical (unpaired) electrons. The molecule has 27 heavy (non-hydrogen) atoms. The van der Waals surface area contributed by atoms with Crippen molar-refractivity contribution in [2.75, 3.05) is 27.2 Å². The lowest BCUT2D eigenvalue weighted by Gasteiger charge is -2.50. The average Bonchev–Trinajstić information content (AvgIpc) is 2.71. The van der Waals surface area contributed by atoms with E-state index in [0.29, 0.717) is 6.54 Å². The van der Waals surface area contributed by atoms with E-state index in [4.69, 9.17) is 0 Å². The van der Waals surface area contributed by atoms with Crippen LogP contribution in [0.5, 0.6) is 0 Å². The third-order valence-corrected chi connectivity index (χ3v) is 6.09. The lowest BCUT2D eigenvalue weighted by atomic mass is 9.68. The summed E-state index contributed by atoms with van der Waals surface area (Å²) in [6.07, 6.45) is 0.788. The summed E-state index contributed by atoms with van der Waals surface area (Å²) in [5.41, 5.74) is 2.31. The molecule has 5 rings (SSSR count). The Kier molecular flexibility index (Phi) is 4.83. The summed E-state index contributed by atoms with van der Waals surface area (Å²) in [6, 6.07) is 20.4. The number of hydrogen-bond donors (Lipinski definition) is 0. The summed E-state index contributed by atoms with van der Waals surface area (Å²) in [7, 11) is 3.55. The van der Waals surface area contributed by atoms with Crippen LogP contribution in [0.25, 0.3) is 0 Å². The van der Waals surface area contributed by atoms with Crippen LogP contribution in [0.15, 0.2) is 60.7 Å². The maximum atomic E-state index is 13.5. The summed E-state index contributed by atoms with van der Waals surface area (Å²) in [4.78, 5) is 30.0. The Balaban J connectivity index is 1.72. The van der Waals surface area contributed by atoms with E-state index >= 15 is 0 Å². The second-order valence-electron chi connectivity index (χ2n) is 7.88. The third-order valence-electron chi connectivity index (χ3n) is 6.09. The second-order valence-corrected chi connectivity index (χ2v) is 7.88. The van der Waals surface area contributed by atoms with E-state index in [1.54, 1.807) is 19.0 Å². The fourth-order valence-electron chi connectivity index (χ4n) is 4.80. The monoisotopic (exact) mass is 362 g/mol. The molecule has 2 aromatic rings. The number of piperidine rings is 3. The van der Waals surface area contributed by atoms with Gasteiger partial charge in [0.05, 0.1) is 12.0 Å². The molecule has 3 saturated heterocycles. The van der Waals surface area contributed by atoms with Gasteiger partial charge < -0.3 is 4.90 Å². The minimum absolute atomic E-state index is 0.00175. The van der Waals surface area contributed by atoms with Crippen molar-refractivity contribution >= 4 is 11.7 Å². The highest BCUT2D eigenvalue weighted by Gasteiger charge is 2.52. The van der Waals surface area contributed by atoms with Crippen molar-refractivity contribution in [3.8, 4) is 0 Å². The van der Waals surface area contributed by atoms with Gasteiger partial charge in [-0.3, -0.25) is 14.5 Å². The number of rotatable bonds is 4. The molecule has 4 heteroatoms. The quantitative estimate of drug-likeness (QED) is 0.840. The Morgan fingerprint density at radius 1 is 1.00 bits per heavy atom. The van der Waals surface area contributed by atoms with Gasteiger partial charge in [0.25, 0.3) is 0 Å². The molecule has 3 fully saturated rings. The normalized spacial score (nSPS) is 27.0. The molecule has 3 aliphatic rings. The van der Waals surface area contributed by atoms with Crippen molar-refractivity contribution < 1.29 is 9.59 Å². The minimum atomic E-state index is -0.204. The minimum Gasteiger partial charge on any atom is -0.349 e. The number of benzene rings is 2. The lowest BCUT2D eigenvalue weighted by molar-refractivity contribution is -0.153. The summed E-state index contributed by atoms with van der Waals surface area (Å²) >= 11 is 0. The van der Waals surface area contributed by atoms with Crippen LogP contribution in [0.1, 0.15) is 23.5 Å². The molecule has 1 amide bonds. The molecule has 140 valence electrons. The van der Waals surface area contributed by atoms with E-state index in [2.05, 4.69) is 29.2 Å². The van der Waals surface area contributed by atoms with Crippen LogP contribution in [-0.4, -0.2) is 54.7 Å². The third kappa shape index (κ3) is 3.19. The van der Waals surface area contributed by atoms with Crippen molar-refractivity contribution in [3.63, 3.8) is 0 Å². The maximum Gasteiger partial charge on any atom is 0.227 e. The highest BCUT2D eigenvalue weighted by molar-refractivity contribution is 5.95. The molecule has 2 bridgehead atoms. The lowest BCUT2D eigenvalue weighted by Crippen LogP contribution is -2.63. The number of carbonyl (C=O) groups is 2. The van der Waals surface area contributed by atoms with Gasteiger partial charge in [-0.25, -0.2) is 0 Å². The Morgan fingerprint density at radius 3 is 2.04 bits per heavy atom. The first-order valence-corrected chi connectivity index (χ1v) is 9.66. The first-order valence-electron chi connectivity index (χ1n) is 9.66. The van der Waals surface area contributed by atoms with Crippen molar-refractivity contribution in [2.45, 2.75) is 18.4 Å². The van der Waals surface area contributed by atoms with Gasteiger partial charge in [-0.05, 0) is 24.1 Å². The SMILES string of the molecule is CN(C)C(=O)C1CN2CCC1C(=O)C2C(c1ccccc1)c1ccccc1. The van der Waals surface area contributed by atoms with E-state index in [1.807, 2.05) is 36.4 Å². The van der Waals surface area contributed by atoms with Gasteiger partial charge in [0.2, 0.25) is 5.91 Å². The molecule has 0 N–H and O–H groups in total. The summed E-state index contributed by atoms with van der Waals surface area (Å²) < 4.78 is 0. The maximum absolute atomic E-state index is 13.5. The number of nitrogens with zero attached hydrogens (tertiary/aromatic N) is 2. The molecule has 3 heterocycles. The Morgan fingerprint density at radius 2 is 1.56 bits per heavy atom. The summed E-state index contributed by atoms with van der Waals surface area (Å²) in [5.74, 6) is -0.0643. The van der Waals surface area contributed by atoms with E-state index < -0.39 is 0 Å². The molecule has 0 aromatic heterocycles. The highest BCUT2D eigenvalue weighted by atomic mass is 16.2. The van der Waals surface area contributed by atoms with Gasteiger partial charge in [-0.15, -0.1) is 0 Å². The van der Waals surface area contributed by atoms with Gasteiger partial charge >= 0.3 is 0 Å². The van der Waals surface area contributed by atoms with Crippen molar-refractivity contribution in [1.82, 2.24) is 9.80 Å². The predicted octanol–water partition coefficient (Wildman–Crippen LogP) is 2.80. The van der Waals surface area contributed by atoms with Gasteiger partial charge in [0, 0.05) is 32.5 Å². The number of amides is 1. The molecule has 2 aromatic carbocycles. The van der Waals surface area contributed by atoms with Gasteiger partial charge in [0.15, 0.2) is 5.78 Å².